The number of nitrogens with one attached hydrogen (secondary N) is 1. The van der Waals surface area contributed by atoms with Crippen LogP contribution in [-0.4, -0.2) is 64.4 Å². The van der Waals surface area contributed by atoms with Crippen LogP contribution in [-0.2, 0) is 17.7 Å². The van der Waals surface area contributed by atoms with Gasteiger partial charge in [0.2, 0.25) is 5.95 Å². The van der Waals surface area contributed by atoms with Gasteiger partial charge in [0.15, 0.2) is 0 Å². The highest BCUT2D eigenvalue weighted by molar-refractivity contribution is 5.78. The summed E-state index contributed by atoms with van der Waals surface area (Å²) in [6.07, 6.45) is 4.59. The van der Waals surface area contributed by atoms with Crippen LogP contribution in [0.2, 0.25) is 0 Å². The molecule has 1 N–H and O–H groups in total. The highest BCUT2D eigenvalue weighted by Gasteiger charge is 2.32. The summed E-state index contributed by atoms with van der Waals surface area (Å²) in [5, 5.41) is 3.31. The SMILES string of the molecule is CCCNc1nccc(-c2c(-c3ccc(F)cc3)nc3n2C(CN(CCOC)Cc2ccccc2OCC)CC3)n1. The van der Waals surface area contributed by atoms with Crippen molar-refractivity contribution in [3.63, 3.8) is 0 Å². The molecule has 0 fully saturated rings. The average Bonchev–Trinajstić information content (AvgIpc) is 3.56. The van der Waals surface area contributed by atoms with Gasteiger partial charge >= 0.3 is 0 Å². The molecule has 8 nitrogen and oxygen atoms in total. The summed E-state index contributed by atoms with van der Waals surface area (Å²) < 4.78 is 27.6. The van der Waals surface area contributed by atoms with E-state index >= 15 is 0 Å². The Hall–Kier alpha value is -3.82. The van der Waals surface area contributed by atoms with E-state index in [1.54, 1.807) is 25.4 Å². The molecule has 0 saturated carbocycles. The van der Waals surface area contributed by atoms with Crippen molar-refractivity contribution in [2.24, 2.45) is 0 Å². The van der Waals surface area contributed by atoms with E-state index in [1.807, 2.05) is 25.1 Å². The van der Waals surface area contributed by atoms with Crippen LogP contribution in [0.15, 0.2) is 60.8 Å². The number of imidazole rings is 1. The molecule has 0 amide bonds. The quantitative estimate of drug-likeness (QED) is 0.203. The first kappa shape index (κ1) is 28.7. The molecule has 0 radical (unpaired) electrons. The average molecular weight is 559 g/mol. The molecule has 0 aliphatic carbocycles. The summed E-state index contributed by atoms with van der Waals surface area (Å²) in [6.45, 7) is 8.52. The lowest BCUT2D eigenvalue weighted by Crippen LogP contribution is -2.32. The number of fused-ring (bicyclic) bond motifs is 1. The summed E-state index contributed by atoms with van der Waals surface area (Å²) in [6, 6.07) is 16.9. The van der Waals surface area contributed by atoms with Gasteiger partial charge in [0, 0.05) is 63.1 Å². The molecular formula is C32H39FN6O2. The van der Waals surface area contributed by atoms with E-state index in [0.29, 0.717) is 19.2 Å². The number of hydrogen-bond acceptors (Lipinski definition) is 7. The van der Waals surface area contributed by atoms with Gasteiger partial charge in [-0.2, -0.15) is 0 Å². The predicted octanol–water partition coefficient (Wildman–Crippen LogP) is 6.00. The molecular weight excluding hydrogens is 519 g/mol. The van der Waals surface area contributed by atoms with Gasteiger partial charge in [-0.25, -0.2) is 19.3 Å². The van der Waals surface area contributed by atoms with Crippen molar-refractivity contribution in [3.8, 4) is 28.4 Å². The van der Waals surface area contributed by atoms with Crippen LogP contribution >= 0.6 is 0 Å². The number of rotatable bonds is 14. The molecule has 1 aliphatic heterocycles. The number of benzene rings is 2. The second-order valence-corrected chi connectivity index (χ2v) is 10.3. The minimum absolute atomic E-state index is 0.180. The van der Waals surface area contributed by atoms with E-state index in [0.717, 1.165) is 85.2 Å². The third-order valence-corrected chi connectivity index (χ3v) is 7.35. The summed E-state index contributed by atoms with van der Waals surface area (Å²) in [7, 11) is 1.74. The Morgan fingerprint density at radius 3 is 2.68 bits per heavy atom. The summed E-state index contributed by atoms with van der Waals surface area (Å²) in [5.74, 6) is 2.26. The standard InChI is InChI=1S/C32H39FN6O2/c1-4-17-34-32-35-18-16-27(36-32)31-30(23-10-12-25(33)13-11-23)37-29-15-14-26(39(29)31)22-38(19-20-40-3)21-24-8-6-7-9-28(24)41-5-2/h6-13,16,18,26H,4-5,14-15,17,19-22H2,1-3H3,(H,34,35,36). The number of hydrogen-bond donors (Lipinski definition) is 1. The lowest BCUT2D eigenvalue weighted by molar-refractivity contribution is 0.133. The van der Waals surface area contributed by atoms with Crippen LogP contribution < -0.4 is 10.1 Å². The Morgan fingerprint density at radius 2 is 1.90 bits per heavy atom. The zero-order valence-corrected chi connectivity index (χ0v) is 24.1. The fraction of sp³-hybridized carbons (Fsp3) is 0.406. The number of para-hydroxylation sites is 1. The van der Waals surface area contributed by atoms with Crippen molar-refractivity contribution in [2.45, 2.75) is 45.7 Å². The molecule has 5 rings (SSSR count). The summed E-state index contributed by atoms with van der Waals surface area (Å²) in [4.78, 5) is 16.8. The van der Waals surface area contributed by atoms with Crippen LogP contribution in [0.25, 0.3) is 22.6 Å². The van der Waals surface area contributed by atoms with Crippen molar-refractivity contribution >= 4 is 5.95 Å². The Morgan fingerprint density at radius 1 is 1.07 bits per heavy atom. The monoisotopic (exact) mass is 558 g/mol. The molecule has 2 aromatic carbocycles. The number of halogens is 1. The van der Waals surface area contributed by atoms with Gasteiger partial charge in [0.05, 0.1) is 30.3 Å². The molecule has 0 bridgehead atoms. The molecule has 1 aliphatic rings. The fourth-order valence-corrected chi connectivity index (χ4v) is 5.44. The van der Waals surface area contributed by atoms with Crippen molar-refractivity contribution in [1.82, 2.24) is 24.4 Å². The van der Waals surface area contributed by atoms with Crippen LogP contribution in [0.3, 0.4) is 0 Å². The second-order valence-electron chi connectivity index (χ2n) is 10.3. The fourth-order valence-electron chi connectivity index (χ4n) is 5.44. The maximum atomic E-state index is 13.8. The number of nitrogens with zero attached hydrogens (tertiary/aromatic N) is 5. The van der Waals surface area contributed by atoms with Gasteiger partial charge in [-0.3, -0.25) is 4.90 Å². The largest absolute Gasteiger partial charge is 0.494 e. The van der Waals surface area contributed by atoms with Crippen molar-refractivity contribution in [2.75, 3.05) is 45.3 Å². The Kier molecular flexibility index (Phi) is 9.59. The molecule has 1 unspecified atom stereocenters. The van der Waals surface area contributed by atoms with Gasteiger partial charge in [0.25, 0.3) is 0 Å². The van der Waals surface area contributed by atoms with E-state index in [4.69, 9.17) is 19.4 Å². The maximum absolute atomic E-state index is 13.8. The third-order valence-electron chi connectivity index (χ3n) is 7.35. The predicted molar refractivity (Wildman–Crippen MR) is 160 cm³/mol. The first-order valence-electron chi connectivity index (χ1n) is 14.5. The van der Waals surface area contributed by atoms with Crippen LogP contribution in [0.5, 0.6) is 5.75 Å². The molecule has 216 valence electrons. The van der Waals surface area contributed by atoms with Gasteiger partial charge < -0.3 is 19.4 Å². The first-order valence-corrected chi connectivity index (χ1v) is 14.5. The van der Waals surface area contributed by atoms with E-state index < -0.39 is 0 Å². The normalized spacial score (nSPS) is 14.4. The van der Waals surface area contributed by atoms with Gasteiger partial charge in [-0.05, 0) is 56.2 Å². The van der Waals surface area contributed by atoms with E-state index in [1.165, 1.54) is 12.1 Å². The molecule has 2 aromatic heterocycles. The summed E-state index contributed by atoms with van der Waals surface area (Å²) >= 11 is 0. The van der Waals surface area contributed by atoms with E-state index in [9.17, 15) is 4.39 Å². The van der Waals surface area contributed by atoms with E-state index in [-0.39, 0.29) is 11.9 Å². The topological polar surface area (TPSA) is 77.3 Å². The molecule has 41 heavy (non-hydrogen) atoms. The van der Waals surface area contributed by atoms with Crippen LogP contribution in [0.1, 0.15) is 44.1 Å². The number of anilines is 1. The van der Waals surface area contributed by atoms with Crippen molar-refractivity contribution < 1.29 is 13.9 Å². The van der Waals surface area contributed by atoms with Crippen molar-refractivity contribution in [1.29, 1.82) is 0 Å². The Balaban J connectivity index is 1.52. The highest BCUT2D eigenvalue weighted by atomic mass is 19.1. The third kappa shape index (κ3) is 6.74. The van der Waals surface area contributed by atoms with E-state index in [2.05, 4.69) is 38.8 Å². The second kappa shape index (κ2) is 13.7. The molecule has 1 atom stereocenters. The molecule has 4 aromatic rings. The van der Waals surface area contributed by atoms with Gasteiger partial charge in [-0.1, -0.05) is 25.1 Å². The Bertz CT molecular complexity index is 1420. The minimum Gasteiger partial charge on any atom is -0.494 e. The minimum atomic E-state index is -0.269. The number of aryl methyl sites for hydroxylation is 1. The number of methoxy groups -OCH3 is 1. The lowest BCUT2D eigenvalue weighted by atomic mass is 10.1. The Labute approximate surface area is 241 Å². The smallest absolute Gasteiger partial charge is 0.223 e. The molecule has 0 spiro atoms. The van der Waals surface area contributed by atoms with Crippen LogP contribution in [0.4, 0.5) is 10.3 Å². The van der Waals surface area contributed by atoms with Gasteiger partial charge in [-0.15, -0.1) is 0 Å². The number of ether oxygens (including phenoxy) is 2. The van der Waals surface area contributed by atoms with Crippen LogP contribution in [0, 0.1) is 5.82 Å². The molecule has 0 saturated heterocycles. The zero-order valence-electron chi connectivity index (χ0n) is 24.1. The number of aromatic nitrogens is 4. The molecule has 3 heterocycles. The van der Waals surface area contributed by atoms with Gasteiger partial charge in [0.1, 0.15) is 17.4 Å². The summed E-state index contributed by atoms with van der Waals surface area (Å²) in [5.41, 5.74) is 4.58. The van der Waals surface area contributed by atoms with Crippen molar-refractivity contribution in [3.05, 3.63) is 78.0 Å². The zero-order chi connectivity index (χ0) is 28.6. The lowest BCUT2D eigenvalue weighted by Gasteiger charge is -2.28. The maximum Gasteiger partial charge on any atom is 0.223 e. The highest BCUT2D eigenvalue weighted by Crippen LogP contribution is 2.40. The first-order chi connectivity index (χ1) is 20.1. The molecule has 9 heteroatoms.